The maximum absolute atomic E-state index is 13.5. The Bertz CT molecular complexity index is 1230. The van der Waals surface area contributed by atoms with E-state index in [-0.39, 0.29) is 24.7 Å². The molecular weight excluding hydrogens is 528 g/mol. The predicted octanol–water partition coefficient (Wildman–Crippen LogP) is 6.85. The van der Waals surface area contributed by atoms with Crippen LogP contribution < -0.4 is 10.2 Å². The Balaban J connectivity index is 1.85. The van der Waals surface area contributed by atoms with Gasteiger partial charge in [0.05, 0.1) is 29.5 Å². The van der Waals surface area contributed by atoms with E-state index in [2.05, 4.69) is 5.32 Å². The number of halogens is 6. The van der Waals surface area contributed by atoms with Gasteiger partial charge in [0.15, 0.2) is 0 Å². The molecule has 0 fully saturated rings. The van der Waals surface area contributed by atoms with Gasteiger partial charge in [-0.05, 0) is 80.5 Å². The van der Waals surface area contributed by atoms with Crippen LogP contribution in [0.1, 0.15) is 66.1 Å². The zero-order chi connectivity index (χ0) is 28.7. The van der Waals surface area contributed by atoms with Crippen molar-refractivity contribution in [3.8, 4) is 0 Å². The van der Waals surface area contributed by atoms with Crippen molar-refractivity contribution in [3.05, 3.63) is 63.7 Å². The Kier molecular flexibility index (Phi) is 7.77. The molecule has 6 nitrogen and oxygen atoms in total. The number of nitrogens with zero attached hydrogens (tertiary/aromatic N) is 2. The molecule has 1 heterocycles. The molecule has 1 aliphatic carbocycles. The van der Waals surface area contributed by atoms with Gasteiger partial charge in [-0.2, -0.15) is 26.3 Å². The first-order chi connectivity index (χ1) is 18.3. The normalized spacial score (nSPS) is 18.8. The first-order valence-electron chi connectivity index (χ1n) is 12.6. The van der Waals surface area contributed by atoms with E-state index in [0.29, 0.717) is 29.8 Å². The fourth-order valence-electron chi connectivity index (χ4n) is 5.58. The topological polar surface area (TPSA) is 61.9 Å². The summed E-state index contributed by atoms with van der Waals surface area (Å²) in [6, 6.07) is 3.18. The molecule has 39 heavy (non-hydrogen) atoms. The van der Waals surface area contributed by atoms with Gasteiger partial charge in [-0.15, -0.1) is 0 Å². The van der Waals surface area contributed by atoms with Gasteiger partial charge < -0.3 is 15.0 Å². The number of rotatable bonds is 4. The number of urea groups is 1. The Morgan fingerprint density at radius 1 is 1.05 bits per heavy atom. The molecule has 0 bridgehead atoms. The van der Waals surface area contributed by atoms with Crippen LogP contribution >= 0.6 is 0 Å². The zero-order valence-corrected chi connectivity index (χ0v) is 21.7. The van der Waals surface area contributed by atoms with Crippen molar-refractivity contribution in [3.63, 3.8) is 0 Å². The molecule has 2 unspecified atom stereocenters. The number of nitrogens with one attached hydrogen (secondary N) is 1. The van der Waals surface area contributed by atoms with Crippen LogP contribution in [0.3, 0.4) is 0 Å². The van der Waals surface area contributed by atoms with Crippen molar-refractivity contribution >= 4 is 17.8 Å². The van der Waals surface area contributed by atoms with Gasteiger partial charge in [0, 0.05) is 25.2 Å². The summed E-state index contributed by atoms with van der Waals surface area (Å²) in [7, 11) is 1.34. The second-order valence-electron chi connectivity index (χ2n) is 9.76. The second kappa shape index (κ2) is 10.6. The van der Waals surface area contributed by atoms with Crippen molar-refractivity contribution in [2.24, 2.45) is 0 Å². The molecule has 0 radical (unpaired) electrons. The van der Waals surface area contributed by atoms with Crippen LogP contribution in [-0.4, -0.2) is 36.7 Å². The number of aryl methyl sites for hydroxylation is 1. The lowest BCUT2D eigenvalue weighted by Gasteiger charge is -2.44. The van der Waals surface area contributed by atoms with E-state index < -0.39 is 54.2 Å². The number of fused-ring (bicyclic) bond motifs is 3. The summed E-state index contributed by atoms with van der Waals surface area (Å²) in [5.74, 6) is 0. The smallest absolute Gasteiger partial charge is 0.416 e. The molecule has 2 aromatic carbocycles. The van der Waals surface area contributed by atoms with Crippen LogP contribution in [0.4, 0.5) is 41.6 Å². The molecule has 1 N–H and O–H groups in total. The molecule has 2 atom stereocenters. The SMILES string of the molecule is CCOC(=O)N1c2ccc3c(c2C(N(Cc2cc(C(F)(F)F)cc(C(F)(F)F)c2)C(=O)NC)CC1C)CCC3. The standard InChI is InChI=1S/C27H29F6N3O3/c1-4-39-25(38)36-15(2)10-22(23-20-7-5-6-17(20)8-9-21(23)36)35(24(37)34-3)14-16-11-18(26(28,29)30)13-19(12-16)27(31,32)33/h8-9,11-13,15,22H,4-7,10,14H2,1-3H3,(H,34,37). The van der Waals surface area contributed by atoms with Crippen LogP contribution in [0, 0.1) is 0 Å². The highest BCUT2D eigenvalue weighted by atomic mass is 19.4. The van der Waals surface area contributed by atoms with Gasteiger partial charge in [0.25, 0.3) is 0 Å². The molecule has 0 spiro atoms. The van der Waals surface area contributed by atoms with Crippen LogP contribution in [0.2, 0.25) is 0 Å². The van der Waals surface area contributed by atoms with Crippen LogP contribution in [0.15, 0.2) is 30.3 Å². The average Bonchev–Trinajstić information content (AvgIpc) is 3.34. The minimum atomic E-state index is -5.01. The van der Waals surface area contributed by atoms with E-state index in [1.165, 1.54) is 16.8 Å². The summed E-state index contributed by atoms with van der Waals surface area (Å²) in [6.07, 6.45) is -8.09. The molecule has 212 valence electrons. The zero-order valence-electron chi connectivity index (χ0n) is 21.7. The Morgan fingerprint density at radius 2 is 1.69 bits per heavy atom. The number of hydrogen-bond donors (Lipinski definition) is 1. The van der Waals surface area contributed by atoms with E-state index in [1.54, 1.807) is 19.9 Å². The molecule has 0 aromatic heterocycles. The van der Waals surface area contributed by atoms with Crippen LogP contribution in [-0.2, 0) is 36.5 Å². The number of hydrogen-bond acceptors (Lipinski definition) is 3. The molecule has 2 aromatic rings. The minimum absolute atomic E-state index is 0.0653. The number of amides is 3. The lowest BCUT2D eigenvalue weighted by Crippen LogP contribution is -2.49. The fourth-order valence-corrected chi connectivity index (χ4v) is 5.58. The van der Waals surface area contributed by atoms with E-state index in [4.69, 9.17) is 4.74 Å². The number of carbonyl (C=O) groups is 2. The van der Waals surface area contributed by atoms with Crippen LogP contribution in [0.5, 0.6) is 0 Å². The molecule has 4 rings (SSSR count). The quantitative estimate of drug-likeness (QED) is 0.419. The summed E-state index contributed by atoms with van der Waals surface area (Å²) < 4.78 is 86.4. The third-order valence-electron chi connectivity index (χ3n) is 7.22. The number of benzene rings is 2. The van der Waals surface area contributed by atoms with Gasteiger partial charge in [0.1, 0.15) is 0 Å². The molecule has 1 aliphatic heterocycles. The number of alkyl halides is 6. The third kappa shape index (κ3) is 5.65. The first-order valence-corrected chi connectivity index (χ1v) is 12.6. The Morgan fingerprint density at radius 3 is 2.26 bits per heavy atom. The van der Waals surface area contributed by atoms with Crippen molar-refractivity contribution in [2.45, 2.75) is 70.5 Å². The summed E-state index contributed by atoms with van der Waals surface area (Å²) in [4.78, 5) is 28.8. The lowest BCUT2D eigenvalue weighted by molar-refractivity contribution is -0.143. The van der Waals surface area contributed by atoms with Crippen molar-refractivity contribution in [2.75, 3.05) is 18.6 Å². The van der Waals surface area contributed by atoms with Crippen LogP contribution in [0.25, 0.3) is 0 Å². The average molecular weight is 558 g/mol. The maximum Gasteiger partial charge on any atom is 0.416 e. The highest BCUT2D eigenvalue weighted by Crippen LogP contribution is 2.46. The van der Waals surface area contributed by atoms with Gasteiger partial charge >= 0.3 is 24.5 Å². The maximum atomic E-state index is 13.5. The predicted molar refractivity (Wildman–Crippen MR) is 131 cm³/mol. The van der Waals surface area contributed by atoms with Crippen molar-refractivity contribution < 1.29 is 40.7 Å². The number of ether oxygens (including phenoxy) is 1. The molecular formula is C27H29F6N3O3. The fraction of sp³-hybridized carbons (Fsp3) is 0.481. The third-order valence-corrected chi connectivity index (χ3v) is 7.22. The Labute approximate surface area is 221 Å². The van der Waals surface area contributed by atoms with Gasteiger partial charge in [0.2, 0.25) is 0 Å². The monoisotopic (exact) mass is 557 g/mol. The Hall–Kier alpha value is -3.44. The summed E-state index contributed by atoms with van der Waals surface area (Å²) in [5.41, 5.74) is -0.0446. The largest absolute Gasteiger partial charge is 0.449 e. The van der Waals surface area contributed by atoms with Crippen molar-refractivity contribution in [1.82, 2.24) is 10.2 Å². The van der Waals surface area contributed by atoms with Gasteiger partial charge in [-0.1, -0.05) is 6.07 Å². The molecule has 2 aliphatic rings. The molecule has 12 heteroatoms. The highest BCUT2D eigenvalue weighted by molar-refractivity contribution is 5.91. The molecule has 0 saturated carbocycles. The van der Waals surface area contributed by atoms with E-state index in [1.807, 2.05) is 6.07 Å². The minimum Gasteiger partial charge on any atom is -0.449 e. The molecule has 3 amide bonds. The summed E-state index contributed by atoms with van der Waals surface area (Å²) >= 11 is 0. The van der Waals surface area contributed by atoms with Gasteiger partial charge in [-0.3, -0.25) is 4.90 Å². The van der Waals surface area contributed by atoms with E-state index >= 15 is 0 Å². The van der Waals surface area contributed by atoms with E-state index in [9.17, 15) is 35.9 Å². The summed E-state index contributed by atoms with van der Waals surface area (Å²) in [5, 5.41) is 2.48. The highest BCUT2D eigenvalue weighted by Gasteiger charge is 2.42. The van der Waals surface area contributed by atoms with Crippen molar-refractivity contribution in [1.29, 1.82) is 0 Å². The van der Waals surface area contributed by atoms with E-state index in [0.717, 1.165) is 24.0 Å². The van der Waals surface area contributed by atoms with Gasteiger partial charge in [-0.25, -0.2) is 9.59 Å². The molecule has 0 saturated heterocycles. The first kappa shape index (κ1) is 28.6. The lowest BCUT2D eigenvalue weighted by atomic mass is 9.85. The number of anilines is 1. The number of carbonyl (C=O) groups excluding carboxylic acids is 2. The summed E-state index contributed by atoms with van der Waals surface area (Å²) in [6.45, 7) is 3.07. The second-order valence-corrected chi connectivity index (χ2v) is 9.76.